The molecule has 0 aromatic heterocycles. The van der Waals surface area contributed by atoms with E-state index < -0.39 is 12.0 Å². The van der Waals surface area contributed by atoms with Crippen LogP contribution in [0.1, 0.15) is 33.6 Å². The van der Waals surface area contributed by atoms with Crippen molar-refractivity contribution in [1.29, 1.82) is 0 Å². The van der Waals surface area contributed by atoms with E-state index in [1.165, 1.54) is 0 Å². The summed E-state index contributed by atoms with van der Waals surface area (Å²) < 4.78 is 0. The van der Waals surface area contributed by atoms with Gasteiger partial charge in [0.1, 0.15) is 6.04 Å². The fourth-order valence-corrected chi connectivity index (χ4v) is 4.30. The second kappa shape index (κ2) is 5.61. The van der Waals surface area contributed by atoms with Gasteiger partial charge in [0.2, 0.25) is 0 Å². The van der Waals surface area contributed by atoms with Crippen LogP contribution in [0.4, 0.5) is 4.79 Å². The number of likely N-dealkylation sites (tertiary alicyclic amines) is 1. The van der Waals surface area contributed by atoms with Crippen molar-refractivity contribution in [2.24, 2.45) is 5.92 Å². The van der Waals surface area contributed by atoms with Crippen LogP contribution in [-0.2, 0) is 4.79 Å². The zero-order valence-corrected chi connectivity index (χ0v) is 12.5. The van der Waals surface area contributed by atoms with Crippen LogP contribution in [0.3, 0.4) is 0 Å². The van der Waals surface area contributed by atoms with Gasteiger partial charge in [-0.2, -0.15) is 0 Å². The van der Waals surface area contributed by atoms with E-state index >= 15 is 0 Å². The lowest BCUT2D eigenvalue weighted by molar-refractivity contribution is -0.141. The van der Waals surface area contributed by atoms with Crippen LogP contribution in [0.15, 0.2) is 0 Å². The first-order valence-electron chi connectivity index (χ1n) is 6.86. The van der Waals surface area contributed by atoms with E-state index in [1.54, 1.807) is 16.7 Å². The minimum atomic E-state index is -0.893. The number of hydrogen-bond donors (Lipinski definition) is 1. The zero-order valence-electron chi connectivity index (χ0n) is 11.7. The third kappa shape index (κ3) is 2.68. The summed E-state index contributed by atoms with van der Waals surface area (Å²) in [6.07, 6.45) is 2.02. The highest BCUT2D eigenvalue weighted by Crippen LogP contribution is 2.36. The molecular weight excluding hydrogens is 264 g/mol. The number of hydrogen-bond acceptors (Lipinski definition) is 3. The van der Waals surface area contributed by atoms with Crippen molar-refractivity contribution in [3.63, 3.8) is 0 Å². The minimum absolute atomic E-state index is 0.0265. The van der Waals surface area contributed by atoms with E-state index in [9.17, 15) is 14.7 Å². The molecule has 2 saturated heterocycles. The number of amides is 2. The lowest BCUT2D eigenvalue weighted by Crippen LogP contribution is -2.53. The van der Waals surface area contributed by atoms with Crippen molar-refractivity contribution < 1.29 is 14.7 Å². The van der Waals surface area contributed by atoms with Gasteiger partial charge in [-0.3, -0.25) is 4.90 Å². The topological polar surface area (TPSA) is 60.9 Å². The smallest absolute Gasteiger partial charge is 0.327 e. The van der Waals surface area contributed by atoms with E-state index in [2.05, 4.69) is 0 Å². The van der Waals surface area contributed by atoms with Crippen molar-refractivity contribution >= 4 is 23.8 Å². The summed E-state index contributed by atoms with van der Waals surface area (Å²) in [6, 6.07) is -0.556. The maximum atomic E-state index is 12.7. The van der Waals surface area contributed by atoms with Crippen molar-refractivity contribution in [2.75, 3.05) is 12.3 Å². The fourth-order valence-electron chi connectivity index (χ4n) is 2.84. The third-order valence-electron chi connectivity index (χ3n) is 3.91. The predicted octanol–water partition coefficient (Wildman–Crippen LogP) is 2.07. The molecule has 0 bridgehead atoms. The Morgan fingerprint density at radius 2 is 2.05 bits per heavy atom. The lowest BCUT2D eigenvalue weighted by Gasteiger charge is -2.34. The molecule has 2 rings (SSSR count). The molecule has 1 N–H and O–H groups in total. The van der Waals surface area contributed by atoms with Gasteiger partial charge in [0.15, 0.2) is 0 Å². The van der Waals surface area contributed by atoms with Crippen LogP contribution >= 0.6 is 11.8 Å². The SMILES string of the molecule is CC(C)C1SCC(C(=O)O)N1C(=O)N1CCCC1C. The first kappa shape index (κ1) is 14.5. The summed E-state index contributed by atoms with van der Waals surface area (Å²) in [5.74, 6) is -0.140. The Labute approximate surface area is 118 Å². The Kier molecular flexibility index (Phi) is 4.28. The Balaban J connectivity index is 2.20. The number of carbonyl (C=O) groups is 2. The molecule has 2 aliphatic heterocycles. The molecule has 2 fully saturated rings. The summed E-state index contributed by atoms with van der Waals surface area (Å²) in [4.78, 5) is 27.4. The Morgan fingerprint density at radius 3 is 2.53 bits per heavy atom. The van der Waals surface area contributed by atoms with Crippen LogP contribution < -0.4 is 0 Å². The molecular formula is C13H22N2O3S. The largest absolute Gasteiger partial charge is 0.480 e. The number of carboxylic acids is 1. The van der Waals surface area contributed by atoms with Gasteiger partial charge in [0.25, 0.3) is 0 Å². The first-order chi connectivity index (χ1) is 8.93. The van der Waals surface area contributed by atoms with Crippen LogP contribution in [0, 0.1) is 5.92 Å². The third-order valence-corrected chi connectivity index (χ3v) is 5.53. The highest BCUT2D eigenvalue weighted by molar-refractivity contribution is 8.00. The Hall–Kier alpha value is -0.910. The van der Waals surface area contributed by atoms with E-state index in [0.29, 0.717) is 5.75 Å². The summed E-state index contributed by atoms with van der Waals surface area (Å²) in [6.45, 7) is 6.86. The molecule has 2 heterocycles. The number of carboxylic acid groups (broad SMARTS) is 1. The molecule has 0 aromatic carbocycles. The number of thioether (sulfide) groups is 1. The molecule has 3 atom stereocenters. The number of rotatable bonds is 2. The van der Waals surface area contributed by atoms with Crippen LogP contribution in [-0.4, -0.2) is 56.7 Å². The first-order valence-corrected chi connectivity index (χ1v) is 7.91. The van der Waals surface area contributed by atoms with Gasteiger partial charge in [-0.1, -0.05) is 13.8 Å². The van der Waals surface area contributed by atoms with Crippen molar-refractivity contribution in [3.05, 3.63) is 0 Å². The van der Waals surface area contributed by atoms with E-state index in [0.717, 1.165) is 19.4 Å². The molecule has 0 saturated carbocycles. The molecule has 0 aliphatic carbocycles. The molecule has 0 radical (unpaired) electrons. The molecule has 5 nitrogen and oxygen atoms in total. The second-order valence-electron chi connectivity index (χ2n) is 5.70. The van der Waals surface area contributed by atoms with Gasteiger partial charge in [-0.05, 0) is 25.7 Å². The predicted molar refractivity (Wildman–Crippen MR) is 75.1 cm³/mol. The van der Waals surface area contributed by atoms with Gasteiger partial charge in [-0.25, -0.2) is 9.59 Å². The van der Waals surface area contributed by atoms with Gasteiger partial charge in [0.05, 0.1) is 5.37 Å². The summed E-state index contributed by atoms with van der Waals surface area (Å²) in [5, 5.41) is 9.29. The molecule has 108 valence electrons. The standard InChI is InChI=1S/C13H22N2O3S/c1-8(2)11-15(10(7-19-11)12(16)17)13(18)14-6-4-5-9(14)3/h8-11H,4-7H2,1-3H3,(H,16,17). The molecule has 2 amide bonds. The summed E-state index contributed by atoms with van der Waals surface area (Å²) in [7, 11) is 0. The maximum absolute atomic E-state index is 12.7. The summed E-state index contributed by atoms with van der Waals surface area (Å²) in [5.41, 5.74) is 0. The quantitative estimate of drug-likeness (QED) is 0.844. The van der Waals surface area contributed by atoms with Gasteiger partial charge >= 0.3 is 12.0 Å². The van der Waals surface area contributed by atoms with Crippen LogP contribution in [0.25, 0.3) is 0 Å². The van der Waals surface area contributed by atoms with Crippen molar-refractivity contribution in [1.82, 2.24) is 9.80 Å². The van der Waals surface area contributed by atoms with E-state index in [4.69, 9.17) is 0 Å². The monoisotopic (exact) mass is 286 g/mol. The van der Waals surface area contributed by atoms with Crippen LogP contribution in [0.5, 0.6) is 0 Å². The molecule has 3 unspecified atom stereocenters. The Morgan fingerprint density at radius 1 is 1.37 bits per heavy atom. The number of aliphatic carboxylic acids is 1. The molecule has 0 spiro atoms. The Bertz CT molecular complexity index is 375. The lowest BCUT2D eigenvalue weighted by atomic mass is 10.1. The van der Waals surface area contributed by atoms with Gasteiger partial charge < -0.3 is 10.0 Å². The molecule has 19 heavy (non-hydrogen) atoms. The minimum Gasteiger partial charge on any atom is -0.480 e. The average molecular weight is 286 g/mol. The number of nitrogens with zero attached hydrogens (tertiary/aromatic N) is 2. The average Bonchev–Trinajstić information content (AvgIpc) is 2.93. The van der Waals surface area contributed by atoms with Gasteiger partial charge in [-0.15, -0.1) is 11.8 Å². The highest BCUT2D eigenvalue weighted by Gasteiger charge is 2.45. The van der Waals surface area contributed by atoms with E-state index in [-0.39, 0.29) is 23.4 Å². The second-order valence-corrected chi connectivity index (χ2v) is 6.85. The van der Waals surface area contributed by atoms with E-state index in [1.807, 2.05) is 25.7 Å². The fraction of sp³-hybridized carbons (Fsp3) is 0.846. The molecule has 0 aromatic rings. The maximum Gasteiger partial charge on any atom is 0.327 e. The number of carbonyl (C=O) groups excluding carboxylic acids is 1. The highest BCUT2D eigenvalue weighted by atomic mass is 32.2. The molecule has 2 aliphatic rings. The summed E-state index contributed by atoms with van der Waals surface area (Å²) >= 11 is 1.58. The molecule has 6 heteroatoms. The van der Waals surface area contributed by atoms with Crippen LogP contribution in [0.2, 0.25) is 0 Å². The van der Waals surface area contributed by atoms with Crippen molar-refractivity contribution in [3.8, 4) is 0 Å². The van der Waals surface area contributed by atoms with Crippen molar-refractivity contribution in [2.45, 2.75) is 51.1 Å². The zero-order chi connectivity index (χ0) is 14.2. The van der Waals surface area contributed by atoms with Gasteiger partial charge in [0, 0.05) is 18.3 Å². The normalized spacial score (nSPS) is 31.3. The number of urea groups is 1.